The van der Waals surface area contributed by atoms with Gasteiger partial charge in [0.2, 0.25) is 0 Å². The van der Waals surface area contributed by atoms with Crippen LogP contribution in [0.3, 0.4) is 0 Å². The Bertz CT molecular complexity index is 3750. The van der Waals surface area contributed by atoms with Crippen LogP contribution in [0.1, 0.15) is 205 Å². The first-order valence-electron chi connectivity index (χ1n) is 29.5. The summed E-state index contributed by atoms with van der Waals surface area (Å²) in [5.41, 5.74) is 19.2. The van der Waals surface area contributed by atoms with Crippen LogP contribution in [-0.2, 0) is 10.8 Å². The first kappa shape index (κ1) is 61.6. The molecule has 0 aliphatic rings. The average molecular weight is 1120 g/mol. The average Bonchev–Trinajstić information content (AvgIpc) is 3.00. The van der Waals surface area contributed by atoms with E-state index >= 15 is 10.2 Å². The van der Waals surface area contributed by atoms with Gasteiger partial charge in [-0.25, -0.2) is 9.97 Å². The molecule has 4 nitrogen and oxygen atoms in total. The molecule has 8 aromatic carbocycles. The molecule has 0 saturated carbocycles. The maximum absolute atomic E-state index is 15.3. The largest absolute Gasteiger partial charge is 3.00 e. The summed E-state index contributed by atoms with van der Waals surface area (Å²) in [7, 11) is 0. The minimum atomic E-state index is -0.450. The zero-order valence-electron chi connectivity index (χ0n) is 51.8. The van der Waals surface area contributed by atoms with Gasteiger partial charge in [-0.2, -0.15) is 0 Å². The molecule has 10 aromatic rings. The summed E-state index contributed by atoms with van der Waals surface area (Å²) < 4.78 is 0. The van der Waals surface area contributed by atoms with Gasteiger partial charge in [0.25, 0.3) is 0 Å². The Morgan fingerprint density at radius 1 is 0.341 bits per heavy atom. The summed E-state index contributed by atoms with van der Waals surface area (Å²) in [6, 6.07) is 48.4. The molecule has 0 N–H and O–H groups in total. The monoisotopic (exact) mass is 1120 g/mol. The second-order valence-electron chi connectivity index (χ2n) is 26.8. The van der Waals surface area contributed by atoms with E-state index in [9.17, 15) is 0 Å². The molecule has 0 atom stereocenters. The number of hydrogen-bond donors (Lipinski definition) is 0. The Morgan fingerprint density at radius 2 is 0.659 bits per heavy atom. The fraction of sp³-hybridized carbons (Fsp3) is 0.342. The minimum absolute atomic E-state index is 0. The van der Waals surface area contributed by atoms with Crippen molar-refractivity contribution in [3.05, 3.63) is 178 Å². The van der Waals surface area contributed by atoms with E-state index in [2.05, 4.69) is 258 Å². The van der Waals surface area contributed by atoms with Gasteiger partial charge >= 0.3 is 17.4 Å². The first-order chi connectivity index (χ1) is 37.8. The summed E-state index contributed by atoms with van der Waals surface area (Å²) in [4.78, 5) is 11.2. The van der Waals surface area contributed by atoms with Gasteiger partial charge in [-0.15, -0.1) is 0 Å². The molecule has 0 unspecified atom stereocenters. The van der Waals surface area contributed by atoms with Gasteiger partial charge < -0.3 is 22.6 Å². The molecule has 0 saturated heterocycles. The number of nitrogens with zero attached hydrogens (tertiary/aromatic N) is 2. The maximum atomic E-state index is 15.3. The predicted octanol–water partition coefficient (Wildman–Crippen LogP) is 17.5. The molecule has 2 aromatic heterocycles. The van der Waals surface area contributed by atoms with Gasteiger partial charge in [-0.3, -0.25) is 0 Å². The van der Waals surface area contributed by atoms with Crippen LogP contribution in [0.15, 0.2) is 133 Å². The van der Waals surface area contributed by atoms with Crippen molar-refractivity contribution in [2.45, 2.75) is 171 Å². The molecule has 418 valence electrons. The van der Waals surface area contributed by atoms with Crippen LogP contribution in [0.4, 0.5) is 0 Å². The van der Waals surface area contributed by atoms with E-state index in [1.54, 1.807) is 0 Å². The Hall–Kier alpha value is -6.48. The zero-order chi connectivity index (χ0) is 57.6. The first-order valence-corrected chi connectivity index (χ1v) is 29.5. The van der Waals surface area contributed by atoms with Gasteiger partial charge in [0.05, 0.1) is 22.4 Å². The van der Waals surface area contributed by atoms with Gasteiger partial charge in [0.1, 0.15) is 0 Å². The van der Waals surface area contributed by atoms with Gasteiger partial charge in [-0.05, 0) is 147 Å². The van der Waals surface area contributed by atoms with Crippen LogP contribution < -0.4 is 22.6 Å². The van der Waals surface area contributed by atoms with Crippen molar-refractivity contribution in [3.63, 3.8) is 0 Å². The van der Waals surface area contributed by atoms with E-state index in [0.717, 1.165) is 76.8 Å². The summed E-state index contributed by atoms with van der Waals surface area (Å²) >= 11 is 0. The van der Waals surface area contributed by atoms with Gasteiger partial charge in [-0.1, -0.05) is 257 Å². The smallest absolute Gasteiger partial charge is 1.00 e. The Labute approximate surface area is 506 Å². The van der Waals surface area contributed by atoms with E-state index in [0.29, 0.717) is 34.3 Å². The second-order valence-corrected chi connectivity index (χ2v) is 26.8. The molecular weight excluding hydrogens is 1040 g/mol. The van der Waals surface area contributed by atoms with Gasteiger partial charge in [0.15, 0.2) is 0 Å². The van der Waals surface area contributed by atoms with Crippen molar-refractivity contribution in [2.24, 2.45) is 0 Å². The van der Waals surface area contributed by atoms with E-state index in [1.807, 2.05) is 0 Å². The topological polar surface area (TPSA) is 71.9 Å². The predicted molar refractivity (Wildman–Crippen MR) is 346 cm³/mol. The number of halogens is 1. The third-order valence-electron chi connectivity index (χ3n) is 16.9. The van der Waals surface area contributed by atoms with Crippen molar-refractivity contribution in [2.75, 3.05) is 0 Å². The molecule has 0 fully saturated rings. The number of aromatic nitrogens is 2. The van der Waals surface area contributed by atoms with Crippen LogP contribution in [0, 0.1) is 0 Å². The van der Waals surface area contributed by atoms with Crippen LogP contribution in [-0.4, -0.2) is 27.3 Å². The molecule has 2 heterocycles. The quantitative estimate of drug-likeness (QED) is 0.121. The normalized spacial score (nSPS) is 12.3. The van der Waals surface area contributed by atoms with Crippen molar-refractivity contribution >= 4 is 60.7 Å². The summed E-state index contributed by atoms with van der Waals surface area (Å²) in [5, 5.41) is 36.6. The molecule has 6 heteroatoms. The molecule has 10 rings (SSSR count). The fourth-order valence-electron chi connectivity index (χ4n) is 12.4. The number of hydrogen-bond acceptors (Lipinski definition) is 4. The molecule has 82 heavy (non-hydrogen) atoms. The van der Waals surface area contributed by atoms with E-state index in [-0.39, 0.29) is 64.9 Å². The summed E-state index contributed by atoms with van der Waals surface area (Å²) in [6.45, 7) is 40.2. The van der Waals surface area contributed by atoms with Crippen LogP contribution in [0.5, 0.6) is 11.5 Å². The summed E-state index contributed by atoms with van der Waals surface area (Å²) in [5.74, 6) is 1.67. The SMILES string of the molecule is CC(C)c1cc(C(C)C)c(-c2cc(C(C)(C)C)c([O-])c3nc(-c4ccc5ccccc5c4-c4c(-c5ccc6c(-c7c(C(C)C)cc(C(C)C)cc7C(C)C)cc(C(C)(C)C)c([O-])c6n5)ccc5ccccc45)ccc23)c(C(C)C)c1.[Al+3].[Cl-]. The Morgan fingerprint density at radius 3 is 0.951 bits per heavy atom. The number of fused-ring (bicyclic) bond motifs is 4. The third-order valence-corrected chi connectivity index (χ3v) is 16.9. The van der Waals surface area contributed by atoms with E-state index < -0.39 is 10.8 Å². The Kier molecular flexibility index (Phi) is 17.5. The van der Waals surface area contributed by atoms with Crippen LogP contribution in [0.25, 0.3) is 99.2 Å². The van der Waals surface area contributed by atoms with E-state index in [1.165, 1.54) is 44.5 Å². The van der Waals surface area contributed by atoms with E-state index in [4.69, 9.17) is 9.97 Å². The molecule has 0 bridgehead atoms. The van der Waals surface area contributed by atoms with Gasteiger partial charge in [0, 0.05) is 33.0 Å². The molecular formula is C76H82AlClN2O2. The van der Waals surface area contributed by atoms with Crippen molar-refractivity contribution in [3.8, 4) is 67.4 Å². The fourth-order valence-corrected chi connectivity index (χ4v) is 12.4. The van der Waals surface area contributed by atoms with Crippen molar-refractivity contribution in [1.82, 2.24) is 9.97 Å². The van der Waals surface area contributed by atoms with Crippen molar-refractivity contribution in [1.29, 1.82) is 0 Å². The van der Waals surface area contributed by atoms with Crippen LogP contribution in [0.2, 0.25) is 0 Å². The van der Waals surface area contributed by atoms with Crippen LogP contribution >= 0.6 is 0 Å². The molecule has 0 radical (unpaired) electrons. The number of pyridine rings is 2. The number of rotatable bonds is 11. The number of benzene rings is 8. The minimum Gasteiger partial charge on any atom is -1.00 e. The third kappa shape index (κ3) is 11.0. The molecule has 0 amide bonds. The summed E-state index contributed by atoms with van der Waals surface area (Å²) in [6.07, 6.45) is 0. The Balaban J connectivity index is 0.00000440. The molecule has 0 aliphatic carbocycles. The van der Waals surface area contributed by atoms with Crippen molar-refractivity contribution < 1.29 is 22.6 Å². The zero-order valence-corrected chi connectivity index (χ0v) is 53.7. The second kappa shape index (κ2) is 23.3. The standard InChI is InChI=1S/C76H84N2O2.Al.ClH/c1-41(2)49-35-57(43(5)6)67(58(36-49)44(7)8)61-39-63(75(13,14)15)73(79)71-53(61)31-33-65(77-71)55-29-27-47-23-19-21-25-51(47)69(55)70-52-26-22-20-24-48(52)28-30-56(70)66-34-32-54-62(40-64(76(16,17)18)74(80)72(54)78-66)68-59(45(9)10)37-50(42(3)4)38-60(68)46(11)12;;/h19-46,79-80H,1-18H3;;1H/q;+3;/p-3. The molecule has 0 spiro atoms. The maximum Gasteiger partial charge on any atom is 3.00 e. The molecule has 0 aliphatic heterocycles.